The molecule has 0 spiro atoms. The summed E-state index contributed by atoms with van der Waals surface area (Å²) >= 11 is 0. The summed E-state index contributed by atoms with van der Waals surface area (Å²) < 4.78 is 0. The maximum Gasteiger partial charge on any atom is 0.269 e. The van der Waals surface area contributed by atoms with E-state index in [4.69, 9.17) is 0 Å². The summed E-state index contributed by atoms with van der Waals surface area (Å²) in [5.74, 6) is -0.153. The van der Waals surface area contributed by atoms with Gasteiger partial charge in [0.25, 0.3) is 5.69 Å². The molecule has 3 aromatic rings. The molecule has 112 valence electrons. The number of non-ortho nitro benzene ring substituents is 1. The number of hydrogen-bond acceptors (Lipinski definition) is 3. The molecule has 0 fully saturated rings. The van der Waals surface area contributed by atoms with Gasteiger partial charge in [-0.2, -0.15) is 0 Å². The molecule has 0 aliphatic carbocycles. The quantitative estimate of drug-likeness (QED) is 0.405. The summed E-state index contributed by atoms with van der Waals surface area (Å²) in [6.45, 7) is 0. The Kier molecular flexibility index (Phi) is 3.97. The molecule has 0 N–H and O–H groups in total. The second-order valence-electron chi connectivity index (χ2n) is 5.04. The average Bonchev–Trinajstić information content (AvgIpc) is 2.62. The molecule has 0 aliphatic heterocycles. The Hall–Kier alpha value is -3.27. The molecule has 0 amide bonds. The van der Waals surface area contributed by atoms with Crippen LogP contribution in [0.2, 0.25) is 0 Å². The summed E-state index contributed by atoms with van der Waals surface area (Å²) in [5.41, 5.74) is 2.78. The number of nitrogens with zero attached hydrogens (tertiary/aromatic N) is 1. The van der Waals surface area contributed by atoms with Crippen LogP contribution in [-0.2, 0) is 0 Å². The van der Waals surface area contributed by atoms with E-state index in [1.165, 1.54) is 24.3 Å². The van der Waals surface area contributed by atoms with Crippen LogP contribution in [0.1, 0.15) is 15.9 Å². The third-order valence-electron chi connectivity index (χ3n) is 3.60. The molecule has 0 saturated heterocycles. The topological polar surface area (TPSA) is 60.2 Å². The van der Waals surface area contributed by atoms with Crippen LogP contribution >= 0.6 is 0 Å². The van der Waals surface area contributed by atoms with Crippen molar-refractivity contribution in [2.24, 2.45) is 0 Å². The van der Waals surface area contributed by atoms with Gasteiger partial charge in [0.05, 0.1) is 4.92 Å². The second-order valence-corrected chi connectivity index (χ2v) is 5.04. The van der Waals surface area contributed by atoms with Crippen molar-refractivity contribution < 1.29 is 9.72 Å². The van der Waals surface area contributed by atoms with Crippen molar-refractivity contribution >= 4 is 11.5 Å². The lowest BCUT2D eigenvalue weighted by atomic mass is 9.94. The largest absolute Gasteiger partial charge is 0.289 e. The second kappa shape index (κ2) is 6.23. The molecule has 0 bridgehead atoms. The standard InChI is InChI=1S/C19H13NO3/c21-19(15-10-12-16(13-11-15)20(22)23)18-9-5-4-8-17(18)14-6-2-1-3-7-14/h1-13H. The number of carbonyl (C=O) groups excluding carboxylic acids is 1. The molecular formula is C19H13NO3. The number of carbonyl (C=O) groups is 1. The van der Waals surface area contributed by atoms with Crippen molar-refractivity contribution in [3.05, 3.63) is 100 Å². The zero-order chi connectivity index (χ0) is 16.2. The summed E-state index contributed by atoms with van der Waals surface area (Å²) in [5, 5.41) is 10.7. The van der Waals surface area contributed by atoms with E-state index in [-0.39, 0.29) is 11.5 Å². The lowest BCUT2D eigenvalue weighted by Gasteiger charge is -2.09. The van der Waals surface area contributed by atoms with Gasteiger partial charge in [-0.25, -0.2) is 0 Å². The van der Waals surface area contributed by atoms with Gasteiger partial charge in [-0.05, 0) is 23.3 Å². The molecule has 3 aromatic carbocycles. The van der Waals surface area contributed by atoms with Gasteiger partial charge in [-0.3, -0.25) is 14.9 Å². The van der Waals surface area contributed by atoms with Crippen LogP contribution in [0.4, 0.5) is 5.69 Å². The molecule has 4 heteroatoms. The van der Waals surface area contributed by atoms with E-state index in [9.17, 15) is 14.9 Å². The maximum absolute atomic E-state index is 12.8. The van der Waals surface area contributed by atoms with Crippen LogP contribution in [0, 0.1) is 10.1 Å². The van der Waals surface area contributed by atoms with Crippen LogP contribution in [0.5, 0.6) is 0 Å². The molecule has 23 heavy (non-hydrogen) atoms. The minimum absolute atomic E-state index is 0.0297. The van der Waals surface area contributed by atoms with Crippen LogP contribution in [0.15, 0.2) is 78.9 Å². The molecular weight excluding hydrogens is 290 g/mol. The lowest BCUT2D eigenvalue weighted by Crippen LogP contribution is -2.03. The fraction of sp³-hybridized carbons (Fsp3) is 0. The predicted molar refractivity (Wildman–Crippen MR) is 88.4 cm³/mol. The summed E-state index contributed by atoms with van der Waals surface area (Å²) in [4.78, 5) is 23.0. The Morgan fingerprint density at radius 2 is 1.39 bits per heavy atom. The Morgan fingerprint density at radius 3 is 2.04 bits per heavy atom. The summed E-state index contributed by atoms with van der Waals surface area (Å²) in [6, 6.07) is 22.7. The molecule has 0 saturated carbocycles. The highest BCUT2D eigenvalue weighted by Crippen LogP contribution is 2.26. The van der Waals surface area contributed by atoms with Gasteiger partial charge in [0.2, 0.25) is 0 Å². The van der Waals surface area contributed by atoms with E-state index in [1.54, 1.807) is 6.07 Å². The van der Waals surface area contributed by atoms with Crippen LogP contribution in [0.25, 0.3) is 11.1 Å². The van der Waals surface area contributed by atoms with E-state index in [1.807, 2.05) is 48.5 Å². The maximum atomic E-state index is 12.8. The first kappa shape index (κ1) is 14.7. The van der Waals surface area contributed by atoms with Gasteiger partial charge in [-0.1, -0.05) is 54.6 Å². The van der Waals surface area contributed by atoms with Crippen molar-refractivity contribution in [2.75, 3.05) is 0 Å². The fourth-order valence-corrected chi connectivity index (χ4v) is 2.44. The first-order chi connectivity index (χ1) is 11.2. The molecule has 0 unspecified atom stereocenters. The highest BCUT2D eigenvalue weighted by atomic mass is 16.6. The number of nitro groups is 1. The number of hydrogen-bond donors (Lipinski definition) is 0. The van der Waals surface area contributed by atoms with Crippen molar-refractivity contribution in [2.45, 2.75) is 0 Å². The van der Waals surface area contributed by atoms with E-state index < -0.39 is 4.92 Å². The van der Waals surface area contributed by atoms with Gasteiger partial charge >= 0.3 is 0 Å². The number of nitro benzene ring substituents is 1. The van der Waals surface area contributed by atoms with Crippen molar-refractivity contribution in [3.63, 3.8) is 0 Å². The molecule has 0 aromatic heterocycles. The molecule has 3 rings (SSSR count). The average molecular weight is 303 g/mol. The van der Waals surface area contributed by atoms with Crippen LogP contribution in [-0.4, -0.2) is 10.7 Å². The van der Waals surface area contributed by atoms with Crippen LogP contribution in [0.3, 0.4) is 0 Å². The Bertz CT molecular complexity index is 855. The zero-order valence-corrected chi connectivity index (χ0v) is 12.2. The third kappa shape index (κ3) is 3.01. The van der Waals surface area contributed by atoms with Gasteiger partial charge in [-0.15, -0.1) is 0 Å². The predicted octanol–water partition coefficient (Wildman–Crippen LogP) is 4.49. The van der Waals surface area contributed by atoms with Crippen molar-refractivity contribution in [1.29, 1.82) is 0 Å². The minimum Gasteiger partial charge on any atom is -0.289 e. The van der Waals surface area contributed by atoms with Gasteiger partial charge in [0.15, 0.2) is 5.78 Å². The minimum atomic E-state index is -0.480. The van der Waals surface area contributed by atoms with E-state index in [0.29, 0.717) is 11.1 Å². The highest BCUT2D eigenvalue weighted by molar-refractivity contribution is 6.12. The van der Waals surface area contributed by atoms with Crippen molar-refractivity contribution in [1.82, 2.24) is 0 Å². The Morgan fingerprint density at radius 1 is 0.783 bits per heavy atom. The molecule has 0 atom stereocenters. The highest BCUT2D eigenvalue weighted by Gasteiger charge is 2.15. The first-order valence-electron chi connectivity index (χ1n) is 7.10. The first-order valence-corrected chi connectivity index (χ1v) is 7.10. The number of rotatable bonds is 4. The fourth-order valence-electron chi connectivity index (χ4n) is 2.44. The van der Waals surface area contributed by atoms with E-state index in [2.05, 4.69) is 0 Å². The Labute approximate surface area is 133 Å². The lowest BCUT2D eigenvalue weighted by molar-refractivity contribution is -0.384. The van der Waals surface area contributed by atoms with Gasteiger partial charge in [0, 0.05) is 23.3 Å². The molecule has 0 radical (unpaired) electrons. The Balaban J connectivity index is 2.02. The third-order valence-corrected chi connectivity index (χ3v) is 3.60. The monoisotopic (exact) mass is 303 g/mol. The van der Waals surface area contributed by atoms with E-state index >= 15 is 0 Å². The number of ketones is 1. The molecule has 0 aliphatic rings. The molecule has 0 heterocycles. The summed E-state index contributed by atoms with van der Waals surface area (Å²) in [7, 11) is 0. The SMILES string of the molecule is O=C(c1ccc([N+](=O)[O-])cc1)c1ccccc1-c1ccccc1. The molecule has 4 nitrogen and oxygen atoms in total. The summed E-state index contributed by atoms with van der Waals surface area (Å²) in [6.07, 6.45) is 0. The zero-order valence-electron chi connectivity index (χ0n) is 12.2. The van der Waals surface area contributed by atoms with Gasteiger partial charge < -0.3 is 0 Å². The smallest absolute Gasteiger partial charge is 0.269 e. The number of benzene rings is 3. The van der Waals surface area contributed by atoms with Gasteiger partial charge in [0.1, 0.15) is 0 Å². The van der Waals surface area contributed by atoms with E-state index in [0.717, 1.165) is 11.1 Å². The van der Waals surface area contributed by atoms with Crippen LogP contribution < -0.4 is 0 Å². The normalized spacial score (nSPS) is 10.3. The van der Waals surface area contributed by atoms with Crippen molar-refractivity contribution in [3.8, 4) is 11.1 Å².